The van der Waals surface area contributed by atoms with Crippen LogP contribution in [0.3, 0.4) is 0 Å². The molecule has 7 heteroatoms. The Kier molecular flexibility index (Phi) is 8.11. The van der Waals surface area contributed by atoms with Gasteiger partial charge >= 0.3 is 0 Å². The van der Waals surface area contributed by atoms with Gasteiger partial charge in [-0.3, -0.25) is 14.5 Å². The van der Waals surface area contributed by atoms with Crippen LogP contribution in [0.15, 0.2) is 48.5 Å². The maximum Gasteiger partial charge on any atom is 0.255 e. The number of para-hydroxylation sites is 1. The van der Waals surface area contributed by atoms with Gasteiger partial charge in [0.05, 0.1) is 19.8 Å². The van der Waals surface area contributed by atoms with E-state index in [0.717, 1.165) is 25.4 Å². The van der Waals surface area contributed by atoms with Gasteiger partial charge in [0, 0.05) is 32.7 Å². The summed E-state index contributed by atoms with van der Waals surface area (Å²) in [5, 5.41) is 2.93. The van der Waals surface area contributed by atoms with Crippen LogP contribution < -0.4 is 14.8 Å². The molecule has 1 saturated heterocycles. The molecular weight excluding hydrogens is 406 g/mol. The summed E-state index contributed by atoms with van der Waals surface area (Å²) in [6.45, 7) is 7.61. The van der Waals surface area contributed by atoms with E-state index >= 15 is 0 Å². The van der Waals surface area contributed by atoms with Crippen LogP contribution in [0.25, 0.3) is 0 Å². The summed E-state index contributed by atoms with van der Waals surface area (Å²) in [6.07, 6.45) is 0. The van der Waals surface area contributed by atoms with E-state index in [0.29, 0.717) is 24.4 Å². The van der Waals surface area contributed by atoms with Gasteiger partial charge in [0.2, 0.25) is 5.91 Å². The molecule has 0 saturated carbocycles. The highest BCUT2D eigenvalue weighted by Crippen LogP contribution is 2.19. The lowest BCUT2D eigenvalue weighted by atomic mass is 10.0. The molecular formula is C25H33N3O4. The predicted octanol–water partition coefficient (Wildman–Crippen LogP) is 2.80. The van der Waals surface area contributed by atoms with E-state index in [1.807, 2.05) is 36.9 Å². The first-order valence-electron chi connectivity index (χ1n) is 11.0. The molecule has 1 aliphatic heterocycles. The van der Waals surface area contributed by atoms with Crippen molar-refractivity contribution in [2.24, 2.45) is 5.92 Å². The Morgan fingerprint density at radius 2 is 1.59 bits per heavy atom. The number of carbonyl (C=O) groups is 2. The molecule has 7 nitrogen and oxygen atoms in total. The van der Waals surface area contributed by atoms with Gasteiger partial charge in [0.15, 0.2) is 0 Å². The van der Waals surface area contributed by atoms with E-state index in [4.69, 9.17) is 9.47 Å². The van der Waals surface area contributed by atoms with Crippen LogP contribution in [-0.4, -0.2) is 68.1 Å². The molecule has 0 bridgehead atoms. The molecule has 1 atom stereocenters. The Labute approximate surface area is 190 Å². The van der Waals surface area contributed by atoms with Gasteiger partial charge in [0.1, 0.15) is 17.5 Å². The molecule has 0 radical (unpaired) electrons. The first-order valence-corrected chi connectivity index (χ1v) is 11.0. The number of hydrogen-bond donors (Lipinski definition) is 1. The van der Waals surface area contributed by atoms with Crippen molar-refractivity contribution in [2.75, 3.05) is 40.4 Å². The SMILES string of the molecule is COc1ccc(CN2CCN(C(=O)[C@@H](NC(=O)c3ccccc3OC)C(C)C)CC2)cc1. The highest BCUT2D eigenvalue weighted by molar-refractivity contribution is 5.99. The van der Waals surface area contributed by atoms with Gasteiger partial charge in [-0.15, -0.1) is 0 Å². The highest BCUT2D eigenvalue weighted by Gasteiger charge is 2.31. The fourth-order valence-corrected chi connectivity index (χ4v) is 3.88. The number of nitrogens with one attached hydrogen (secondary N) is 1. The second-order valence-corrected chi connectivity index (χ2v) is 8.34. The van der Waals surface area contributed by atoms with E-state index in [1.165, 1.54) is 12.7 Å². The maximum atomic E-state index is 13.2. The first kappa shape index (κ1) is 23.6. The standard InChI is InChI=1S/C25H33N3O4/c1-18(2)23(26-24(29)21-7-5-6-8-22(21)32-4)25(30)28-15-13-27(14-16-28)17-19-9-11-20(31-3)12-10-19/h5-12,18,23H,13-17H2,1-4H3,(H,26,29)/t23-/m0/s1. The highest BCUT2D eigenvalue weighted by atomic mass is 16.5. The molecule has 0 aliphatic carbocycles. The van der Waals surface area contributed by atoms with E-state index in [1.54, 1.807) is 25.3 Å². The van der Waals surface area contributed by atoms with E-state index in [9.17, 15) is 9.59 Å². The molecule has 3 rings (SSSR count). The van der Waals surface area contributed by atoms with E-state index < -0.39 is 6.04 Å². The Morgan fingerprint density at radius 3 is 2.19 bits per heavy atom. The Morgan fingerprint density at radius 1 is 0.938 bits per heavy atom. The summed E-state index contributed by atoms with van der Waals surface area (Å²) in [6, 6.07) is 14.5. The number of benzene rings is 2. The summed E-state index contributed by atoms with van der Waals surface area (Å²) in [5.41, 5.74) is 1.65. The number of carbonyl (C=O) groups excluding carboxylic acids is 2. The molecule has 1 heterocycles. The van der Waals surface area contributed by atoms with E-state index in [2.05, 4.69) is 22.3 Å². The third kappa shape index (κ3) is 5.79. The summed E-state index contributed by atoms with van der Waals surface area (Å²) in [4.78, 5) is 30.3. The minimum absolute atomic E-state index is 0.0292. The predicted molar refractivity (Wildman–Crippen MR) is 124 cm³/mol. The summed E-state index contributed by atoms with van der Waals surface area (Å²) < 4.78 is 10.5. The van der Waals surface area contributed by atoms with Crippen molar-refractivity contribution in [3.63, 3.8) is 0 Å². The fourth-order valence-electron chi connectivity index (χ4n) is 3.88. The average molecular weight is 440 g/mol. The first-order chi connectivity index (χ1) is 15.4. The van der Waals surface area contributed by atoms with Gasteiger partial charge in [-0.25, -0.2) is 0 Å². The monoisotopic (exact) mass is 439 g/mol. The van der Waals surface area contributed by atoms with Crippen molar-refractivity contribution in [3.05, 3.63) is 59.7 Å². The second-order valence-electron chi connectivity index (χ2n) is 8.34. The maximum absolute atomic E-state index is 13.2. The van der Waals surface area contributed by atoms with Crippen molar-refractivity contribution in [1.82, 2.24) is 15.1 Å². The van der Waals surface area contributed by atoms with Crippen LogP contribution in [0.4, 0.5) is 0 Å². The number of amides is 2. The zero-order chi connectivity index (χ0) is 23.1. The third-order valence-electron chi connectivity index (χ3n) is 5.82. The Balaban J connectivity index is 1.58. The smallest absolute Gasteiger partial charge is 0.255 e. The minimum Gasteiger partial charge on any atom is -0.497 e. The van der Waals surface area contributed by atoms with Gasteiger partial charge in [-0.2, -0.15) is 0 Å². The van der Waals surface area contributed by atoms with Crippen molar-refractivity contribution < 1.29 is 19.1 Å². The number of rotatable bonds is 8. The van der Waals surface area contributed by atoms with Crippen LogP contribution in [-0.2, 0) is 11.3 Å². The van der Waals surface area contributed by atoms with Crippen molar-refractivity contribution >= 4 is 11.8 Å². The van der Waals surface area contributed by atoms with Crippen molar-refractivity contribution in [3.8, 4) is 11.5 Å². The second kappa shape index (κ2) is 11.0. The van der Waals surface area contributed by atoms with E-state index in [-0.39, 0.29) is 17.7 Å². The molecule has 0 unspecified atom stereocenters. The molecule has 1 aliphatic rings. The minimum atomic E-state index is -0.583. The molecule has 0 spiro atoms. The van der Waals surface area contributed by atoms with Crippen molar-refractivity contribution in [2.45, 2.75) is 26.4 Å². The zero-order valence-corrected chi connectivity index (χ0v) is 19.3. The molecule has 32 heavy (non-hydrogen) atoms. The number of piperazine rings is 1. The van der Waals surface area contributed by atoms with Gasteiger partial charge < -0.3 is 19.7 Å². The number of nitrogens with zero attached hydrogens (tertiary/aromatic N) is 2. The fraction of sp³-hybridized carbons (Fsp3) is 0.440. The van der Waals surface area contributed by atoms with Gasteiger partial charge in [-0.05, 0) is 35.7 Å². The third-order valence-corrected chi connectivity index (χ3v) is 5.82. The molecule has 2 aromatic rings. The van der Waals surface area contributed by atoms with Gasteiger partial charge in [0.25, 0.3) is 5.91 Å². The van der Waals surface area contributed by atoms with Crippen LogP contribution in [0.2, 0.25) is 0 Å². The number of methoxy groups -OCH3 is 2. The number of hydrogen-bond acceptors (Lipinski definition) is 5. The molecule has 2 amide bonds. The lowest BCUT2D eigenvalue weighted by Gasteiger charge is -2.37. The Bertz CT molecular complexity index is 906. The number of ether oxygens (including phenoxy) is 2. The molecule has 172 valence electrons. The topological polar surface area (TPSA) is 71.1 Å². The van der Waals surface area contributed by atoms with Crippen LogP contribution in [0.5, 0.6) is 11.5 Å². The Hall–Kier alpha value is -3.06. The molecule has 1 fully saturated rings. The lowest BCUT2D eigenvalue weighted by molar-refractivity contribution is -0.136. The van der Waals surface area contributed by atoms with Crippen LogP contribution in [0, 0.1) is 5.92 Å². The summed E-state index contributed by atoms with van der Waals surface area (Å²) in [5.74, 6) is 0.977. The lowest BCUT2D eigenvalue weighted by Crippen LogP contribution is -2.56. The van der Waals surface area contributed by atoms with Crippen LogP contribution in [0.1, 0.15) is 29.8 Å². The summed E-state index contributed by atoms with van der Waals surface area (Å²) in [7, 11) is 3.19. The molecule has 0 aromatic heterocycles. The quantitative estimate of drug-likeness (QED) is 0.685. The largest absolute Gasteiger partial charge is 0.497 e. The average Bonchev–Trinajstić information content (AvgIpc) is 2.82. The molecule has 1 N–H and O–H groups in total. The zero-order valence-electron chi connectivity index (χ0n) is 19.3. The summed E-state index contributed by atoms with van der Waals surface area (Å²) >= 11 is 0. The normalized spacial score (nSPS) is 15.3. The van der Waals surface area contributed by atoms with Crippen molar-refractivity contribution in [1.29, 1.82) is 0 Å². The van der Waals surface area contributed by atoms with Crippen LogP contribution >= 0.6 is 0 Å². The molecule has 2 aromatic carbocycles. The van der Waals surface area contributed by atoms with Gasteiger partial charge in [-0.1, -0.05) is 38.1 Å².